The molecule has 0 saturated heterocycles. The highest BCUT2D eigenvalue weighted by Gasteiger charge is 2.27. The van der Waals surface area contributed by atoms with Crippen LogP contribution in [0.1, 0.15) is 40.0 Å². The third-order valence-corrected chi connectivity index (χ3v) is 4.07. The Bertz CT molecular complexity index is 380. The first-order valence-corrected chi connectivity index (χ1v) is 7.03. The predicted octanol–water partition coefficient (Wildman–Crippen LogP) is 3.15. The molecular weight excluding hydrogens is 224 g/mol. The van der Waals surface area contributed by atoms with Crippen LogP contribution >= 0.6 is 0 Å². The summed E-state index contributed by atoms with van der Waals surface area (Å²) in [5.41, 5.74) is 0. The number of aromatic nitrogens is 2. The monoisotopic (exact) mass is 248 g/mol. The first-order valence-electron chi connectivity index (χ1n) is 7.03. The number of rotatable bonds is 4. The molecule has 3 atom stereocenters. The van der Waals surface area contributed by atoms with Gasteiger partial charge in [0.05, 0.1) is 0 Å². The molecule has 1 fully saturated rings. The van der Waals surface area contributed by atoms with Crippen molar-refractivity contribution in [1.29, 1.82) is 0 Å². The third kappa shape index (κ3) is 3.12. The van der Waals surface area contributed by atoms with Crippen LogP contribution in [0.3, 0.4) is 0 Å². The molecule has 1 heterocycles. The Morgan fingerprint density at radius 2 is 2.00 bits per heavy atom. The molecular formula is C14H24N4. The zero-order valence-corrected chi connectivity index (χ0v) is 11.6. The normalized spacial score (nSPS) is 27.8. The van der Waals surface area contributed by atoms with Crippen LogP contribution in [-0.2, 0) is 0 Å². The van der Waals surface area contributed by atoms with E-state index >= 15 is 0 Å². The second-order valence-electron chi connectivity index (χ2n) is 5.34. The molecule has 0 bridgehead atoms. The van der Waals surface area contributed by atoms with Gasteiger partial charge in [0.15, 0.2) is 0 Å². The topological polar surface area (TPSA) is 49.8 Å². The highest BCUT2D eigenvalue weighted by molar-refractivity contribution is 5.46. The van der Waals surface area contributed by atoms with E-state index < -0.39 is 0 Å². The summed E-state index contributed by atoms with van der Waals surface area (Å²) >= 11 is 0. The summed E-state index contributed by atoms with van der Waals surface area (Å²) in [6.45, 7) is 7.64. The summed E-state index contributed by atoms with van der Waals surface area (Å²) in [5, 5.41) is 6.78. The van der Waals surface area contributed by atoms with Gasteiger partial charge in [-0.1, -0.05) is 26.7 Å². The average Bonchev–Trinajstić information content (AvgIpc) is 2.36. The van der Waals surface area contributed by atoms with Gasteiger partial charge in [-0.3, -0.25) is 0 Å². The van der Waals surface area contributed by atoms with Gasteiger partial charge in [0.2, 0.25) is 0 Å². The molecule has 0 spiro atoms. The highest BCUT2D eigenvalue weighted by Crippen LogP contribution is 2.31. The van der Waals surface area contributed by atoms with E-state index in [4.69, 9.17) is 0 Å². The van der Waals surface area contributed by atoms with Crippen LogP contribution in [0, 0.1) is 11.8 Å². The number of nitrogens with one attached hydrogen (secondary N) is 2. The minimum absolute atomic E-state index is 0.540. The van der Waals surface area contributed by atoms with Crippen LogP contribution in [0.5, 0.6) is 0 Å². The van der Waals surface area contributed by atoms with E-state index in [0.29, 0.717) is 12.0 Å². The molecule has 1 aliphatic carbocycles. The third-order valence-electron chi connectivity index (χ3n) is 4.07. The van der Waals surface area contributed by atoms with Crippen molar-refractivity contribution in [2.45, 2.75) is 46.1 Å². The molecule has 1 aromatic heterocycles. The van der Waals surface area contributed by atoms with Crippen molar-refractivity contribution < 1.29 is 0 Å². The Morgan fingerprint density at radius 3 is 2.78 bits per heavy atom. The summed E-state index contributed by atoms with van der Waals surface area (Å²) in [4.78, 5) is 8.51. The zero-order chi connectivity index (χ0) is 13.0. The van der Waals surface area contributed by atoms with Gasteiger partial charge in [-0.05, 0) is 25.2 Å². The molecule has 4 nitrogen and oxygen atoms in total. The SMILES string of the molecule is CCNc1cc(NC2CCCC(C)C2C)ncn1. The Hall–Kier alpha value is -1.32. The average molecular weight is 248 g/mol. The molecule has 0 amide bonds. The number of nitrogens with zero attached hydrogens (tertiary/aromatic N) is 2. The van der Waals surface area contributed by atoms with Crippen LogP contribution in [0.25, 0.3) is 0 Å². The van der Waals surface area contributed by atoms with Crippen molar-refractivity contribution in [2.24, 2.45) is 11.8 Å². The molecule has 18 heavy (non-hydrogen) atoms. The second kappa shape index (κ2) is 6.03. The fourth-order valence-corrected chi connectivity index (χ4v) is 2.69. The first-order chi connectivity index (χ1) is 8.70. The lowest BCUT2D eigenvalue weighted by Gasteiger charge is -2.34. The van der Waals surface area contributed by atoms with E-state index in [0.717, 1.165) is 24.1 Å². The van der Waals surface area contributed by atoms with E-state index in [2.05, 4.69) is 41.4 Å². The summed E-state index contributed by atoms with van der Waals surface area (Å²) in [6.07, 6.45) is 5.53. The van der Waals surface area contributed by atoms with E-state index in [1.54, 1.807) is 6.33 Å². The van der Waals surface area contributed by atoms with Gasteiger partial charge in [0.1, 0.15) is 18.0 Å². The lowest BCUT2D eigenvalue weighted by molar-refractivity contribution is 0.253. The van der Waals surface area contributed by atoms with Gasteiger partial charge >= 0.3 is 0 Å². The lowest BCUT2D eigenvalue weighted by atomic mass is 9.78. The fraction of sp³-hybridized carbons (Fsp3) is 0.714. The second-order valence-corrected chi connectivity index (χ2v) is 5.34. The van der Waals surface area contributed by atoms with Crippen molar-refractivity contribution in [3.63, 3.8) is 0 Å². The standard InChI is InChI=1S/C14H24N4/c1-4-15-13-8-14(17-9-16-13)18-12-7-5-6-10(2)11(12)3/h8-12H,4-7H2,1-3H3,(H2,15,16,17,18). The Morgan fingerprint density at radius 1 is 1.22 bits per heavy atom. The van der Waals surface area contributed by atoms with Crippen LogP contribution in [0.2, 0.25) is 0 Å². The quantitative estimate of drug-likeness (QED) is 0.859. The molecule has 0 aliphatic heterocycles. The molecule has 100 valence electrons. The van der Waals surface area contributed by atoms with Crippen molar-refractivity contribution in [2.75, 3.05) is 17.2 Å². The molecule has 1 saturated carbocycles. The van der Waals surface area contributed by atoms with E-state index in [1.165, 1.54) is 19.3 Å². The molecule has 0 radical (unpaired) electrons. The van der Waals surface area contributed by atoms with Gasteiger partial charge in [-0.2, -0.15) is 0 Å². The Kier molecular flexibility index (Phi) is 4.39. The summed E-state index contributed by atoms with van der Waals surface area (Å²) < 4.78 is 0. The molecule has 1 aliphatic rings. The maximum absolute atomic E-state index is 4.31. The molecule has 3 unspecified atom stereocenters. The van der Waals surface area contributed by atoms with Gasteiger partial charge in [0.25, 0.3) is 0 Å². The van der Waals surface area contributed by atoms with Crippen molar-refractivity contribution >= 4 is 11.6 Å². The molecule has 2 rings (SSSR count). The summed E-state index contributed by atoms with van der Waals surface area (Å²) in [7, 11) is 0. The maximum Gasteiger partial charge on any atom is 0.131 e. The largest absolute Gasteiger partial charge is 0.370 e. The van der Waals surface area contributed by atoms with Crippen molar-refractivity contribution in [3.05, 3.63) is 12.4 Å². The van der Waals surface area contributed by atoms with Crippen LogP contribution in [-0.4, -0.2) is 22.6 Å². The van der Waals surface area contributed by atoms with E-state index in [1.807, 2.05) is 6.07 Å². The number of hydrogen-bond acceptors (Lipinski definition) is 4. The van der Waals surface area contributed by atoms with E-state index in [-0.39, 0.29) is 0 Å². The zero-order valence-electron chi connectivity index (χ0n) is 11.6. The summed E-state index contributed by atoms with van der Waals surface area (Å²) in [5.74, 6) is 3.33. The van der Waals surface area contributed by atoms with Gasteiger partial charge in [-0.15, -0.1) is 0 Å². The smallest absolute Gasteiger partial charge is 0.131 e. The number of hydrogen-bond donors (Lipinski definition) is 2. The van der Waals surface area contributed by atoms with E-state index in [9.17, 15) is 0 Å². The molecule has 2 N–H and O–H groups in total. The van der Waals surface area contributed by atoms with Crippen LogP contribution in [0.4, 0.5) is 11.6 Å². The molecule has 1 aromatic rings. The summed E-state index contributed by atoms with van der Waals surface area (Å²) in [6, 6.07) is 2.54. The molecule has 4 heteroatoms. The Balaban J connectivity index is 2.01. The van der Waals surface area contributed by atoms with Gasteiger partial charge in [0, 0.05) is 18.7 Å². The number of anilines is 2. The maximum atomic E-state index is 4.31. The van der Waals surface area contributed by atoms with Gasteiger partial charge < -0.3 is 10.6 Å². The van der Waals surface area contributed by atoms with Crippen LogP contribution < -0.4 is 10.6 Å². The predicted molar refractivity (Wildman–Crippen MR) is 75.8 cm³/mol. The first kappa shape index (κ1) is 13.1. The fourth-order valence-electron chi connectivity index (χ4n) is 2.69. The minimum atomic E-state index is 0.540. The van der Waals surface area contributed by atoms with Gasteiger partial charge in [-0.25, -0.2) is 9.97 Å². The lowest BCUT2D eigenvalue weighted by Crippen LogP contribution is -2.35. The van der Waals surface area contributed by atoms with Crippen LogP contribution in [0.15, 0.2) is 12.4 Å². The minimum Gasteiger partial charge on any atom is -0.370 e. The van der Waals surface area contributed by atoms with Crippen molar-refractivity contribution in [3.8, 4) is 0 Å². The Labute approximate surface area is 110 Å². The highest BCUT2D eigenvalue weighted by atomic mass is 15.1. The van der Waals surface area contributed by atoms with Crippen molar-refractivity contribution in [1.82, 2.24) is 9.97 Å². The molecule has 0 aromatic carbocycles.